The normalized spacial score (nSPS) is 23.0. The lowest BCUT2D eigenvalue weighted by Crippen LogP contribution is -2.57. The van der Waals surface area contributed by atoms with Crippen LogP contribution in [0.1, 0.15) is 52.9 Å². The molecule has 0 bridgehead atoms. The van der Waals surface area contributed by atoms with Crippen LogP contribution < -0.4 is 5.32 Å². The molecule has 0 radical (unpaired) electrons. The Hall–Kier alpha value is -0.120. The number of hydrogen-bond acceptors (Lipinski definition) is 3. The molecule has 1 aliphatic rings. The van der Waals surface area contributed by atoms with Crippen LogP contribution in [0.2, 0.25) is 0 Å². The van der Waals surface area contributed by atoms with Gasteiger partial charge in [0.1, 0.15) is 0 Å². The number of ether oxygens (including phenoxy) is 2. The maximum atomic E-state index is 5.93. The van der Waals surface area contributed by atoms with Crippen LogP contribution in [0.15, 0.2) is 0 Å². The molecule has 0 aromatic rings. The Morgan fingerprint density at radius 3 is 2.50 bits per heavy atom. The average Bonchev–Trinajstić information content (AvgIpc) is 2.45. The molecule has 0 aromatic carbocycles. The third-order valence-corrected chi connectivity index (χ3v) is 4.45. The first-order valence-corrected chi connectivity index (χ1v) is 7.60. The lowest BCUT2D eigenvalue weighted by molar-refractivity contribution is -0.0832. The van der Waals surface area contributed by atoms with Crippen molar-refractivity contribution in [3.05, 3.63) is 0 Å². The minimum atomic E-state index is -0.0411. The molecule has 3 nitrogen and oxygen atoms in total. The monoisotopic (exact) mass is 257 g/mol. The summed E-state index contributed by atoms with van der Waals surface area (Å²) in [6.07, 6.45) is 5.71. The Morgan fingerprint density at radius 1 is 1.33 bits per heavy atom. The predicted molar refractivity (Wildman–Crippen MR) is 75.9 cm³/mol. The van der Waals surface area contributed by atoms with Crippen LogP contribution >= 0.6 is 0 Å². The van der Waals surface area contributed by atoms with Crippen molar-refractivity contribution in [2.45, 2.75) is 64.5 Å². The minimum absolute atomic E-state index is 0.0411. The van der Waals surface area contributed by atoms with Crippen molar-refractivity contribution in [1.82, 2.24) is 5.32 Å². The van der Waals surface area contributed by atoms with Gasteiger partial charge in [0.2, 0.25) is 0 Å². The van der Waals surface area contributed by atoms with Gasteiger partial charge in [0, 0.05) is 25.7 Å². The van der Waals surface area contributed by atoms with E-state index < -0.39 is 0 Å². The molecule has 2 atom stereocenters. The molecule has 0 aromatic heterocycles. The van der Waals surface area contributed by atoms with E-state index in [1.54, 1.807) is 0 Å². The van der Waals surface area contributed by atoms with Crippen LogP contribution in [0, 0.1) is 5.92 Å². The molecule has 0 spiro atoms. The molecule has 2 unspecified atom stereocenters. The molecule has 0 amide bonds. The maximum Gasteiger partial charge on any atom is 0.0829 e. The fourth-order valence-electron chi connectivity index (χ4n) is 3.22. The number of hydrogen-bond donors (Lipinski definition) is 1. The first-order chi connectivity index (χ1) is 8.74. The Morgan fingerprint density at radius 2 is 2.06 bits per heavy atom. The topological polar surface area (TPSA) is 30.5 Å². The van der Waals surface area contributed by atoms with Crippen molar-refractivity contribution in [3.8, 4) is 0 Å². The first-order valence-electron chi connectivity index (χ1n) is 7.60. The van der Waals surface area contributed by atoms with Gasteiger partial charge in [-0.2, -0.15) is 0 Å². The summed E-state index contributed by atoms with van der Waals surface area (Å²) in [6.45, 7) is 9.55. The van der Waals surface area contributed by atoms with Gasteiger partial charge in [-0.05, 0) is 38.6 Å². The first kappa shape index (κ1) is 15.9. The molecule has 1 saturated heterocycles. The van der Waals surface area contributed by atoms with Crippen molar-refractivity contribution in [2.24, 2.45) is 5.92 Å². The summed E-state index contributed by atoms with van der Waals surface area (Å²) in [4.78, 5) is 0. The number of nitrogens with one attached hydrogen (secondary N) is 1. The second-order valence-electron chi connectivity index (χ2n) is 5.39. The van der Waals surface area contributed by atoms with Crippen molar-refractivity contribution in [3.63, 3.8) is 0 Å². The molecular formula is C15H31NO2. The summed E-state index contributed by atoms with van der Waals surface area (Å²) in [6, 6.07) is 0.415. The van der Waals surface area contributed by atoms with E-state index in [4.69, 9.17) is 9.47 Å². The lowest BCUT2D eigenvalue weighted by Gasteiger charge is -2.44. The molecule has 1 fully saturated rings. The molecule has 1 aliphatic heterocycles. The number of rotatable bonds is 8. The second kappa shape index (κ2) is 8.13. The van der Waals surface area contributed by atoms with Crippen molar-refractivity contribution < 1.29 is 9.47 Å². The minimum Gasteiger partial charge on any atom is -0.381 e. The van der Waals surface area contributed by atoms with E-state index in [0.29, 0.717) is 12.0 Å². The Labute approximate surface area is 113 Å². The Balaban J connectivity index is 2.79. The highest BCUT2D eigenvalue weighted by Crippen LogP contribution is 2.32. The molecule has 3 heteroatoms. The van der Waals surface area contributed by atoms with E-state index >= 15 is 0 Å². The van der Waals surface area contributed by atoms with Gasteiger partial charge in [-0.25, -0.2) is 0 Å². The summed E-state index contributed by atoms with van der Waals surface area (Å²) < 4.78 is 11.6. The van der Waals surface area contributed by atoms with Gasteiger partial charge >= 0.3 is 0 Å². The summed E-state index contributed by atoms with van der Waals surface area (Å²) in [5.74, 6) is 0.588. The van der Waals surface area contributed by atoms with Crippen molar-refractivity contribution >= 4 is 0 Å². The van der Waals surface area contributed by atoms with Crippen molar-refractivity contribution in [2.75, 3.05) is 26.9 Å². The molecular weight excluding hydrogens is 226 g/mol. The third-order valence-electron chi connectivity index (χ3n) is 4.45. The molecule has 1 N–H and O–H groups in total. The smallest absolute Gasteiger partial charge is 0.0829 e. The summed E-state index contributed by atoms with van der Waals surface area (Å²) in [5.41, 5.74) is -0.0411. The summed E-state index contributed by atoms with van der Waals surface area (Å²) in [5, 5.41) is 3.73. The van der Waals surface area contributed by atoms with E-state index in [9.17, 15) is 0 Å². The summed E-state index contributed by atoms with van der Waals surface area (Å²) in [7, 11) is 1.86. The second-order valence-corrected chi connectivity index (χ2v) is 5.39. The van der Waals surface area contributed by atoms with Crippen LogP contribution in [0.3, 0.4) is 0 Å². The molecule has 1 heterocycles. The zero-order chi connectivity index (χ0) is 13.4. The van der Waals surface area contributed by atoms with E-state index in [0.717, 1.165) is 39.0 Å². The quantitative estimate of drug-likeness (QED) is 0.725. The van der Waals surface area contributed by atoms with Crippen LogP contribution in [-0.2, 0) is 9.47 Å². The molecule has 1 rings (SSSR count). The van der Waals surface area contributed by atoms with E-state index in [-0.39, 0.29) is 5.60 Å². The van der Waals surface area contributed by atoms with E-state index in [1.807, 2.05) is 7.11 Å². The standard InChI is InChI=1S/C15H31NO2/c1-5-10-16-14(13-9-8-11-18-12-13)15(6-2,7-3)17-4/h13-14,16H,5-12H2,1-4H3. The van der Waals surface area contributed by atoms with Gasteiger partial charge in [-0.15, -0.1) is 0 Å². The molecule has 108 valence electrons. The van der Waals surface area contributed by atoms with Gasteiger partial charge in [0.05, 0.1) is 12.2 Å². The molecule has 18 heavy (non-hydrogen) atoms. The molecule has 0 saturated carbocycles. The lowest BCUT2D eigenvalue weighted by atomic mass is 9.78. The Kier molecular flexibility index (Phi) is 7.20. The molecule has 0 aliphatic carbocycles. The summed E-state index contributed by atoms with van der Waals surface area (Å²) >= 11 is 0. The van der Waals surface area contributed by atoms with E-state index in [1.165, 1.54) is 12.8 Å². The zero-order valence-electron chi connectivity index (χ0n) is 12.6. The van der Waals surface area contributed by atoms with Crippen molar-refractivity contribution in [1.29, 1.82) is 0 Å². The Bertz CT molecular complexity index is 202. The van der Waals surface area contributed by atoms with Crippen LogP contribution in [0.4, 0.5) is 0 Å². The van der Waals surface area contributed by atoms with Gasteiger partial charge in [-0.1, -0.05) is 20.8 Å². The highest BCUT2D eigenvalue weighted by atomic mass is 16.5. The van der Waals surface area contributed by atoms with Gasteiger partial charge in [0.15, 0.2) is 0 Å². The SMILES string of the molecule is CCCNC(C1CCCOC1)C(CC)(CC)OC. The highest BCUT2D eigenvalue weighted by Gasteiger charge is 2.40. The van der Waals surface area contributed by atoms with Gasteiger partial charge in [0.25, 0.3) is 0 Å². The zero-order valence-corrected chi connectivity index (χ0v) is 12.6. The fraction of sp³-hybridized carbons (Fsp3) is 1.00. The van der Waals surface area contributed by atoms with E-state index in [2.05, 4.69) is 26.1 Å². The fourth-order valence-corrected chi connectivity index (χ4v) is 3.22. The number of methoxy groups -OCH3 is 1. The predicted octanol–water partition coefficient (Wildman–Crippen LogP) is 2.99. The maximum absolute atomic E-state index is 5.93. The third kappa shape index (κ3) is 3.69. The van der Waals surface area contributed by atoms with Crippen LogP contribution in [0.5, 0.6) is 0 Å². The van der Waals surface area contributed by atoms with Crippen LogP contribution in [0.25, 0.3) is 0 Å². The van der Waals surface area contributed by atoms with Gasteiger partial charge in [-0.3, -0.25) is 0 Å². The highest BCUT2D eigenvalue weighted by molar-refractivity contribution is 4.96. The van der Waals surface area contributed by atoms with Crippen LogP contribution in [-0.4, -0.2) is 38.5 Å². The van der Waals surface area contributed by atoms with Gasteiger partial charge < -0.3 is 14.8 Å². The average molecular weight is 257 g/mol. The largest absolute Gasteiger partial charge is 0.381 e.